The van der Waals surface area contributed by atoms with Crippen molar-refractivity contribution in [1.82, 2.24) is 4.90 Å². The van der Waals surface area contributed by atoms with Crippen molar-refractivity contribution in [2.45, 2.75) is 18.6 Å². The van der Waals surface area contributed by atoms with Gasteiger partial charge in [0.2, 0.25) is 6.10 Å². The van der Waals surface area contributed by atoms with E-state index in [0.29, 0.717) is 36.6 Å². The smallest absolute Gasteiger partial charge is 0.266 e. The molecular formula is C20H21F2NO4. The fourth-order valence-electron chi connectivity index (χ4n) is 3.16. The van der Waals surface area contributed by atoms with Crippen LogP contribution >= 0.6 is 0 Å². The summed E-state index contributed by atoms with van der Waals surface area (Å²) in [6.07, 6.45) is -0.210. The molecule has 0 spiro atoms. The molecule has 0 unspecified atom stereocenters. The molecule has 2 aromatic carbocycles. The molecule has 1 heterocycles. The first-order valence-corrected chi connectivity index (χ1v) is 8.61. The molecule has 0 aliphatic carbocycles. The van der Waals surface area contributed by atoms with Crippen molar-refractivity contribution in [3.05, 3.63) is 59.7 Å². The molecule has 1 saturated heterocycles. The first kappa shape index (κ1) is 19.1. The van der Waals surface area contributed by atoms with Crippen LogP contribution in [0.3, 0.4) is 0 Å². The minimum absolute atomic E-state index is 0.216. The van der Waals surface area contributed by atoms with E-state index in [1.165, 1.54) is 13.2 Å². The molecule has 1 aliphatic heterocycles. The van der Waals surface area contributed by atoms with E-state index in [9.17, 15) is 13.6 Å². The maximum Gasteiger partial charge on any atom is 0.266 e. The zero-order valence-corrected chi connectivity index (χ0v) is 15.2. The Bertz CT molecular complexity index is 814. The van der Waals surface area contributed by atoms with Crippen molar-refractivity contribution in [2.24, 2.45) is 0 Å². The van der Waals surface area contributed by atoms with E-state index in [1.54, 1.807) is 36.3 Å². The van der Waals surface area contributed by atoms with Gasteiger partial charge in [0.15, 0.2) is 23.1 Å². The van der Waals surface area contributed by atoms with Gasteiger partial charge in [0.1, 0.15) is 6.04 Å². The summed E-state index contributed by atoms with van der Waals surface area (Å²) >= 11 is 0. The summed E-state index contributed by atoms with van der Waals surface area (Å²) in [5.41, 5.74) is 0.478. The van der Waals surface area contributed by atoms with Crippen molar-refractivity contribution in [2.75, 3.05) is 27.4 Å². The predicted molar refractivity (Wildman–Crippen MR) is 94.7 cm³/mol. The Kier molecular flexibility index (Phi) is 5.91. The van der Waals surface area contributed by atoms with Gasteiger partial charge in [-0.25, -0.2) is 8.78 Å². The van der Waals surface area contributed by atoms with E-state index in [0.717, 1.165) is 12.1 Å². The highest BCUT2D eigenvalue weighted by Crippen LogP contribution is 2.40. The van der Waals surface area contributed by atoms with Gasteiger partial charge in [0, 0.05) is 20.3 Å². The normalized spacial score (nSPS) is 19.0. The number of para-hydroxylation sites is 2. The number of halogens is 2. The number of β-lactam (4-membered cyclic amide) rings is 1. The Morgan fingerprint density at radius 3 is 2.44 bits per heavy atom. The highest BCUT2D eigenvalue weighted by molar-refractivity contribution is 5.89. The van der Waals surface area contributed by atoms with E-state index in [-0.39, 0.29) is 5.91 Å². The minimum Gasteiger partial charge on any atom is -0.493 e. The molecular weight excluding hydrogens is 356 g/mol. The average Bonchev–Trinajstić information content (AvgIpc) is 2.68. The molecule has 27 heavy (non-hydrogen) atoms. The zero-order chi connectivity index (χ0) is 19.4. The van der Waals surface area contributed by atoms with Gasteiger partial charge >= 0.3 is 0 Å². The number of rotatable bonds is 8. The fourth-order valence-corrected chi connectivity index (χ4v) is 3.16. The molecule has 0 radical (unpaired) electrons. The van der Waals surface area contributed by atoms with Crippen LogP contribution in [0, 0.1) is 11.6 Å². The molecule has 0 saturated carbocycles. The van der Waals surface area contributed by atoms with Gasteiger partial charge in [-0.2, -0.15) is 0 Å². The third kappa shape index (κ3) is 3.88. The van der Waals surface area contributed by atoms with Gasteiger partial charge in [-0.1, -0.05) is 18.2 Å². The fraction of sp³-hybridized carbons (Fsp3) is 0.350. The molecule has 3 rings (SSSR count). The summed E-state index contributed by atoms with van der Waals surface area (Å²) in [6, 6.07) is 10.1. The third-order valence-corrected chi connectivity index (χ3v) is 4.50. The first-order valence-electron chi connectivity index (χ1n) is 8.61. The molecule has 2 aromatic rings. The molecule has 5 nitrogen and oxygen atoms in total. The van der Waals surface area contributed by atoms with Gasteiger partial charge in [0.05, 0.1) is 7.11 Å². The summed E-state index contributed by atoms with van der Waals surface area (Å²) in [4.78, 5) is 14.2. The molecule has 144 valence electrons. The second kappa shape index (κ2) is 8.35. The van der Waals surface area contributed by atoms with E-state index in [2.05, 4.69) is 0 Å². The highest BCUT2D eigenvalue weighted by atomic mass is 19.2. The van der Waals surface area contributed by atoms with E-state index >= 15 is 0 Å². The topological polar surface area (TPSA) is 48.0 Å². The maximum absolute atomic E-state index is 13.7. The molecule has 0 aromatic heterocycles. The summed E-state index contributed by atoms with van der Waals surface area (Å²) in [5.74, 6) is -1.20. The summed E-state index contributed by atoms with van der Waals surface area (Å²) in [7, 11) is 3.09. The van der Waals surface area contributed by atoms with Crippen molar-refractivity contribution in [3.8, 4) is 11.5 Å². The molecule has 1 amide bonds. The highest BCUT2D eigenvalue weighted by Gasteiger charge is 2.50. The Morgan fingerprint density at radius 2 is 1.78 bits per heavy atom. The number of carbonyl (C=O) groups is 1. The number of hydrogen-bond acceptors (Lipinski definition) is 4. The van der Waals surface area contributed by atoms with Crippen LogP contribution in [0.1, 0.15) is 18.0 Å². The van der Waals surface area contributed by atoms with Crippen LogP contribution in [0.4, 0.5) is 8.78 Å². The number of likely N-dealkylation sites (tertiary alicyclic amines) is 1. The van der Waals surface area contributed by atoms with Crippen molar-refractivity contribution >= 4 is 5.91 Å². The Labute approximate surface area is 156 Å². The van der Waals surface area contributed by atoms with Crippen LogP contribution in [-0.2, 0) is 9.53 Å². The van der Waals surface area contributed by atoms with Crippen LogP contribution in [0.25, 0.3) is 0 Å². The van der Waals surface area contributed by atoms with Crippen LogP contribution in [0.2, 0.25) is 0 Å². The Balaban J connectivity index is 1.86. The second-order valence-corrected chi connectivity index (χ2v) is 6.19. The number of ether oxygens (including phenoxy) is 3. The zero-order valence-electron chi connectivity index (χ0n) is 15.2. The monoisotopic (exact) mass is 377 g/mol. The average molecular weight is 377 g/mol. The summed E-state index contributed by atoms with van der Waals surface area (Å²) in [6.45, 7) is 0.925. The van der Waals surface area contributed by atoms with Crippen LogP contribution in [-0.4, -0.2) is 44.3 Å². The Hall–Kier alpha value is -2.67. The third-order valence-electron chi connectivity index (χ3n) is 4.50. The lowest BCUT2D eigenvalue weighted by Gasteiger charge is -2.47. The van der Waals surface area contributed by atoms with E-state index in [1.807, 2.05) is 0 Å². The molecule has 0 bridgehead atoms. The number of benzene rings is 2. The van der Waals surface area contributed by atoms with Gasteiger partial charge in [-0.3, -0.25) is 4.79 Å². The van der Waals surface area contributed by atoms with Gasteiger partial charge < -0.3 is 19.1 Å². The lowest BCUT2D eigenvalue weighted by Crippen LogP contribution is -2.61. The number of amides is 1. The Morgan fingerprint density at radius 1 is 1.04 bits per heavy atom. The second-order valence-electron chi connectivity index (χ2n) is 6.19. The summed E-state index contributed by atoms with van der Waals surface area (Å²) in [5, 5.41) is 0. The van der Waals surface area contributed by atoms with Crippen molar-refractivity contribution in [3.63, 3.8) is 0 Å². The predicted octanol–water partition coefficient (Wildman–Crippen LogP) is 3.34. The number of hydrogen-bond donors (Lipinski definition) is 0. The van der Waals surface area contributed by atoms with E-state index < -0.39 is 23.8 Å². The standard InChI is InChI=1S/C20H21F2NO4/c1-25-11-5-10-23-18(13-8-9-14(21)15(22)12-13)19(20(23)24)27-17-7-4-3-6-16(17)26-2/h3-4,6-9,12,18-19H,5,10-11H2,1-2H3/t18-,19-/m0/s1. The van der Waals surface area contributed by atoms with Crippen molar-refractivity contribution < 1.29 is 27.8 Å². The summed E-state index contributed by atoms with van der Waals surface area (Å²) < 4.78 is 43.3. The SMILES string of the molecule is COCCCN1C(=O)[C@@H](Oc2ccccc2OC)[C@@H]1c1ccc(F)c(F)c1. The molecule has 7 heteroatoms. The van der Waals surface area contributed by atoms with Gasteiger partial charge in [0.25, 0.3) is 5.91 Å². The van der Waals surface area contributed by atoms with E-state index in [4.69, 9.17) is 14.2 Å². The van der Waals surface area contributed by atoms with Crippen LogP contribution < -0.4 is 9.47 Å². The molecule has 1 aliphatic rings. The van der Waals surface area contributed by atoms with Crippen LogP contribution in [0.5, 0.6) is 11.5 Å². The van der Waals surface area contributed by atoms with Gasteiger partial charge in [-0.15, -0.1) is 0 Å². The lowest BCUT2D eigenvalue weighted by atomic mass is 9.90. The maximum atomic E-state index is 13.7. The number of methoxy groups -OCH3 is 2. The largest absolute Gasteiger partial charge is 0.493 e. The quantitative estimate of drug-likeness (QED) is 0.523. The van der Waals surface area contributed by atoms with Crippen molar-refractivity contribution in [1.29, 1.82) is 0 Å². The first-order chi connectivity index (χ1) is 13.1. The minimum atomic E-state index is -0.959. The lowest BCUT2D eigenvalue weighted by molar-refractivity contribution is -0.164. The van der Waals surface area contributed by atoms with Crippen LogP contribution in [0.15, 0.2) is 42.5 Å². The number of nitrogens with zero attached hydrogens (tertiary/aromatic N) is 1. The number of carbonyl (C=O) groups excluding carboxylic acids is 1. The molecule has 0 N–H and O–H groups in total. The van der Waals surface area contributed by atoms with Gasteiger partial charge in [-0.05, 0) is 36.2 Å². The molecule has 2 atom stereocenters. The molecule has 1 fully saturated rings.